The maximum Gasteiger partial charge on any atom is 0.307 e. The van der Waals surface area contributed by atoms with Crippen molar-refractivity contribution in [3.8, 4) is 0 Å². The van der Waals surface area contributed by atoms with Crippen molar-refractivity contribution in [3.63, 3.8) is 0 Å². The van der Waals surface area contributed by atoms with Crippen LogP contribution in [0.2, 0.25) is 0 Å². The van der Waals surface area contributed by atoms with Gasteiger partial charge in [0.05, 0.1) is 17.4 Å². The van der Waals surface area contributed by atoms with Crippen molar-refractivity contribution in [2.24, 2.45) is 17.3 Å². The number of carbonyl (C=O) groups excluding carboxylic acids is 1. The van der Waals surface area contributed by atoms with Crippen molar-refractivity contribution in [2.75, 3.05) is 0 Å². The molecule has 1 aromatic heterocycles. The molecule has 1 heterocycles. The predicted octanol–water partition coefficient (Wildman–Crippen LogP) is 1.85. The summed E-state index contributed by atoms with van der Waals surface area (Å²) in [7, 11) is 0. The van der Waals surface area contributed by atoms with Gasteiger partial charge in [-0.2, -0.15) is 0 Å². The third-order valence-electron chi connectivity index (χ3n) is 3.78. The number of aliphatic carboxylic acids is 1. The summed E-state index contributed by atoms with van der Waals surface area (Å²) in [5.41, 5.74) is -1.05. The second-order valence-corrected chi connectivity index (χ2v) is 6.96. The average molecular weight is 282 g/mol. The first-order chi connectivity index (χ1) is 8.68. The highest BCUT2D eigenvalue weighted by molar-refractivity contribution is 7.09. The van der Waals surface area contributed by atoms with Gasteiger partial charge in [0.2, 0.25) is 5.91 Å². The van der Waals surface area contributed by atoms with Crippen LogP contribution in [0.1, 0.15) is 32.7 Å². The van der Waals surface area contributed by atoms with Crippen molar-refractivity contribution in [1.29, 1.82) is 0 Å². The van der Waals surface area contributed by atoms with Gasteiger partial charge in [-0.15, -0.1) is 11.3 Å². The smallest absolute Gasteiger partial charge is 0.307 e. The highest BCUT2D eigenvalue weighted by atomic mass is 32.1. The summed E-state index contributed by atoms with van der Waals surface area (Å²) >= 11 is 1.47. The highest BCUT2D eigenvalue weighted by Gasteiger charge is 2.66. The van der Waals surface area contributed by atoms with Crippen molar-refractivity contribution in [3.05, 3.63) is 16.6 Å². The van der Waals surface area contributed by atoms with Crippen LogP contribution < -0.4 is 5.32 Å². The lowest BCUT2D eigenvalue weighted by molar-refractivity contribution is -0.140. The second-order valence-electron chi connectivity index (χ2n) is 6.07. The molecular weight excluding hydrogens is 264 g/mol. The van der Waals surface area contributed by atoms with Gasteiger partial charge >= 0.3 is 5.97 Å². The normalized spacial score (nSPS) is 24.8. The van der Waals surface area contributed by atoms with Crippen LogP contribution in [0.4, 0.5) is 0 Å². The van der Waals surface area contributed by atoms with E-state index in [2.05, 4.69) is 10.3 Å². The van der Waals surface area contributed by atoms with E-state index in [1.54, 1.807) is 6.20 Å². The minimum absolute atomic E-state index is 0.211. The second kappa shape index (κ2) is 4.30. The van der Waals surface area contributed by atoms with Crippen LogP contribution in [0.15, 0.2) is 11.6 Å². The number of nitrogens with one attached hydrogen (secondary N) is 1. The predicted molar refractivity (Wildman–Crippen MR) is 71.7 cm³/mol. The summed E-state index contributed by atoms with van der Waals surface area (Å²) in [6, 6.07) is 0. The molecule has 1 aliphatic carbocycles. The lowest BCUT2D eigenvalue weighted by atomic mass is 10.0. The molecule has 2 rings (SSSR count). The quantitative estimate of drug-likeness (QED) is 0.883. The Morgan fingerprint density at radius 3 is 2.47 bits per heavy atom. The fraction of sp³-hybridized carbons (Fsp3) is 0.615. The van der Waals surface area contributed by atoms with Crippen molar-refractivity contribution < 1.29 is 14.7 Å². The summed E-state index contributed by atoms with van der Waals surface area (Å²) in [4.78, 5) is 27.5. The Bertz CT molecular complexity index is 508. The summed E-state index contributed by atoms with van der Waals surface area (Å²) in [6.07, 6.45) is 1.69. The molecule has 0 spiro atoms. The van der Waals surface area contributed by atoms with Crippen LogP contribution in [0.3, 0.4) is 0 Å². The lowest BCUT2D eigenvalue weighted by Crippen LogP contribution is -2.42. The van der Waals surface area contributed by atoms with Crippen LogP contribution in [0.5, 0.6) is 0 Å². The van der Waals surface area contributed by atoms with E-state index >= 15 is 0 Å². The van der Waals surface area contributed by atoms with Crippen molar-refractivity contribution >= 4 is 23.2 Å². The van der Waals surface area contributed by atoms with Gasteiger partial charge in [-0.3, -0.25) is 9.59 Å². The molecule has 6 heteroatoms. The molecule has 5 nitrogen and oxygen atoms in total. The van der Waals surface area contributed by atoms with Crippen LogP contribution in [0.25, 0.3) is 0 Å². The third kappa shape index (κ3) is 2.36. The lowest BCUT2D eigenvalue weighted by Gasteiger charge is -2.24. The first-order valence-corrected chi connectivity index (χ1v) is 7.00. The van der Waals surface area contributed by atoms with E-state index in [9.17, 15) is 9.59 Å². The Kier molecular flexibility index (Phi) is 3.16. The van der Waals surface area contributed by atoms with Gasteiger partial charge in [-0.1, -0.05) is 13.8 Å². The summed E-state index contributed by atoms with van der Waals surface area (Å²) in [5.74, 6) is -2.18. The molecule has 1 aliphatic rings. The van der Waals surface area contributed by atoms with E-state index < -0.39 is 28.8 Å². The van der Waals surface area contributed by atoms with Crippen LogP contribution in [-0.4, -0.2) is 22.0 Å². The number of carbonyl (C=O) groups is 2. The molecule has 2 N–H and O–H groups in total. The van der Waals surface area contributed by atoms with E-state index in [0.29, 0.717) is 0 Å². The van der Waals surface area contributed by atoms with Gasteiger partial charge < -0.3 is 10.4 Å². The molecule has 1 fully saturated rings. The Morgan fingerprint density at radius 1 is 1.42 bits per heavy atom. The zero-order valence-corrected chi connectivity index (χ0v) is 12.2. The Hall–Kier alpha value is -1.43. The molecule has 0 radical (unpaired) electrons. The van der Waals surface area contributed by atoms with Gasteiger partial charge in [-0.05, 0) is 19.3 Å². The molecular formula is C13H18N2O3S. The maximum absolute atomic E-state index is 12.2. The number of hydrogen-bond acceptors (Lipinski definition) is 4. The number of thiazole rings is 1. The minimum atomic E-state index is -0.905. The third-order valence-corrected chi connectivity index (χ3v) is 4.88. The SMILES string of the molecule is CC(C)(NC(=O)[C@H]1[C@@H](C(=O)O)C1(C)C)c1nccs1. The fourth-order valence-electron chi connectivity index (χ4n) is 2.56. The summed E-state index contributed by atoms with van der Waals surface area (Å²) < 4.78 is 0. The fourth-order valence-corrected chi connectivity index (χ4v) is 3.28. The molecule has 0 bridgehead atoms. The van der Waals surface area contributed by atoms with Gasteiger partial charge in [0.15, 0.2) is 0 Å². The topological polar surface area (TPSA) is 79.3 Å². The number of hydrogen-bond donors (Lipinski definition) is 2. The van der Waals surface area contributed by atoms with Crippen LogP contribution in [0, 0.1) is 17.3 Å². The molecule has 1 aromatic rings. The Morgan fingerprint density at radius 2 is 2.05 bits per heavy atom. The summed E-state index contributed by atoms with van der Waals surface area (Å²) in [5, 5.41) is 14.7. The number of amides is 1. The van der Waals surface area contributed by atoms with E-state index in [-0.39, 0.29) is 5.91 Å². The van der Waals surface area contributed by atoms with Gasteiger partial charge in [-0.25, -0.2) is 4.98 Å². The number of nitrogens with zero attached hydrogens (tertiary/aromatic N) is 1. The number of rotatable bonds is 4. The molecule has 0 aliphatic heterocycles. The largest absolute Gasteiger partial charge is 0.481 e. The van der Waals surface area contributed by atoms with Gasteiger partial charge in [0, 0.05) is 11.6 Å². The van der Waals surface area contributed by atoms with Gasteiger partial charge in [0.25, 0.3) is 0 Å². The zero-order chi connectivity index (χ0) is 14.4. The van der Waals surface area contributed by atoms with E-state index in [0.717, 1.165) is 5.01 Å². The minimum Gasteiger partial charge on any atom is -0.481 e. The molecule has 0 saturated heterocycles. The molecule has 0 aromatic carbocycles. The molecule has 0 unspecified atom stereocenters. The van der Waals surface area contributed by atoms with Gasteiger partial charge in [0.1, 0.15) is 5.01 Å². The van der Waals surface area contributed by atoms with E-state index in [1.165, 1.54) is 11.3 Å². The molecule has 1 amide bonds. The first kappa shape index (κ1) is 14.0. The van der Waals surface area contributed by atoms with Crippen LogP contribution in [-0.2, 0) is 15.1 Å². The maximum atomic E-state index is 12.2. The highest BCUT2D eigenvalue weighted by Crippen LogP contribution is 2.58. The van der Waals surface area contributed by atoms with E-state index in [4.69, 9.17) is 5.11 Å². The number of carboxylic acid groups (broad SMARTS) is 1. The number of carboxylic acids is 1. The molecule has 104 valence electrons. The van der Waals surface area contributed by atoms with Crippen molar-refractivity contribution in [2.45, 2.75) is 33.2 Å². The van der Waals surface area contributed by atoms with Crippen LogP contribution >= 0.6 is 11.3 Å². The van der Waals surface area contributed by atoms with E-state index in [1.807, 2.05) is 33.1 Å². The monoisotopic (exact) mass is 282 g/mol. The Balaban J connectivity index is 2.09. The molecule has 19 heavy (non-hydrogen) atoms. The molecule has 1 saturated carbocycles. The molecule has 2 atom stereocenters. The number of aromatic nitrogens is 1. The van der Waals surface area contributed by atoms with Crippen molar-refractivity contribution in [1.82, 2.24) is 10.3 Å². The Labute approximate surface area is 116 Å². The average Bonchev–Trinajstić information content (AvgIpc) is 2.65. The zero-order valence-electron chi connectivity index (χ0n) is 11.4. The summed E-state index contributed by atoms with van der Waals surface area (Å²) in [6.45, 7) is 7.36. The standard InChI is InChI=1S/C13H18N2O3S/c1-12(2)7(8(12)10(17)18)9(16)15-13(3,4)11-14-5-6-19-11/h5-8H,1-4H3,(H,15,16)(H,17,18)/t7-,8+/m1/s1. The first-order valence-electron chi connectivity index (χ1n) is 6.12.